The SMILES string of the molecule is CCCCc1cc(C)c(C)c(C=NCC)c1O. The van der Waals surface area contributed by atoms with Crippen molar-refractivity contribution in [1.29, 1.82) is 0 Å². The molecule has 94 valence electrons. The summed E-state index contributed by atoms with van der Waals surface area (Å²) in [6.45, 7) is 9.04. The minimum Gasteiger partial charge on any atom is -0.507 e. The molecule has 0 bridgehead atoms. The van der Waals surface area contributed by atoms with Gasteiger partial charge in [0.05, 0.1) is 0 Å². The fraction of sp³-hybridized carbons (Fsp3) is 0.533. The van der Waals surface area contributed by atoms with Crippen LogP contribution in [0.3, 0.4) is 0 Å². The lowest BCUT2D eigenvalue weighted by Crippen LogP contribution is -1.98. The molecule has 0 saturated carbocycles. The highest BCUT2D eigenvalue weighted by Crippen LogP contribution is 2.28. The van der Waals surface area contributed by atoms with E-state index in [9.17, 15) is 5.11 Å². The lowest BCUT2D eigenvalue weighted by Gasteiger charge is -2.12. The minimum atomic E-state index is 0.416. The van der Waals surface area contributed by atoms with Crippen molar-refractivity contribution in [3.63, 3.8) is 0 Å². The Morgan fingerprint density at radius 2 is 2.00 bits per heavy atom. The second-order valence-corrected chi connectivity index (χ2v) is 4.47. The lowest BCUT2D eigenvalue weighted by molar-refractivity contribution is 0.465. The summed E-state index contributed by atoms with van der Waals surface area (Å²) in [5, 5.41) is 10.3. The number of rotatable bonds is 5. The van der Waals surface area contributed by atoms with Gasteiger partial charge < -0.3 is 5.11 Å². The van der Waals surface area contributed by atoms with Crippen LogP contribution in [0.4, 0.5) is 0 Å². The first kappa shape index (κ1) is 13.8. The second-order valence-electron chi connectivity index (χ2n) is 4.47. The summed E-state index contributed by atoms with van der Waals surface area (Å²) in [5.74, 6) is 0.416. The van der Waals surface area contributed by atoms with Crippen LogP contribution in [0.2, 0.25) is 0 Å². The maximum Gasteiger partial charge on any atom is 0.127 e. The van der Waals surface area contributed by atoms with Crippen molar-refractivity contribution in [3.8, 4) is 5.75 Å². The van der Waals surface area contributed by atoms with E-state index in [1.54, 1.807) is 6.21 Å². The number of unbranched alkanes of at least 4 members (excludes halogenated alkanes) is 1. The normalized spacial score (nSPS) is 11.3. The average Bonchev–Trinajstić information content (AvgIpc) is 2.32. The Morgan fingerprint density at radius 1 is 1.29 bits per heavy atom. The Bertz CT molecular complexity index is 408. The number of aromatic hydroxyl groups is 1. The number of aryl methyl sites for hydroxylation is 2. The van der Waals surface area contributed by atoms with Gasteiger partial charge >= 0.3 is 0 Å². The monoisotopic (exact) mass is 233 g/mol. The molecule has 0 aliphatic rings. The molecule has 2 heteroatoms. The van der Waals surface area contributed by atoms with Crippen LogP contribution < -0.4 is 0 Å². The maximum atomic E-state index is 10.3. The van der Waals surface area contributed by atoms with E-state index in [1.165, 1.54) is 5.56 Å². The third-order valence-electron chi connectivity index (χ3n) is 3.15. The molecule has 0 atom stereocenters. The van der Waals surface area contributed by atoms with Crippen molar-refractivity contribution in [2.24, 2.45) is 4.99 Å². The Balaban J connectivity index is 3.17. The highest BCUT2D eigenvalue weighted by atomic mass is 16.3. The molecular weight excluding hydrogens is 210 g/mol. The van der Waals surface area contributed by atoms with Crippen LogP contribution in [0.1, 0.15) is 48.9 Å². The van der Waals surface area contributed by atoms with Gasteiger partial charge in [0.1, 0.15) is 5.75 Å². The van der Waals surface area contributed by atoms with Crippen molar-refractivity contribution < 1.29 is 5.11 Å². The Labute approximate surface area is 104 Å². The Kier molecular flexibility index (Phi) is 5.20. The largest absolute Gasteiger partial charge is 0.507 e. The Hall–Kier alpha value is -1.31. The molecule has 17 heavy (non-hydrogen) atoms. The molecule has 0 saturated heterocycles. The molecule has 2 nitrogen and oxygen atoms in total. The van der Waals surface area contributed by atoms with E-state index in [-0.39, 0.29) is 0 Å². The number of nitrogens with zero attached hydrogens (tertiary/aromatic N) is 1. The average molecular weight is 233 g/mol. The number of hydrogen-bond acceptors (Lipinski definition) is 2. The van der Waals surface area contributed by atoms with E-state index in [1.807, 2.05) is 13.8 Å². The van der Waals surface area contributed by atoms with E-state index >= 15 is 0 Å². The van der Waals surface area contributed by atoms with Crippen LogP contribution in [-0.2, 0) is 6.42 Å². The van der Waals surface area contributed by atoms with Gasteiger partial charge in [0.15, 0.2) is 0 Å². The first-order valence-corrected chi connectivity index (χ1v) is 6.43. The van der Waals surface area contributed by atoms with Gasteiger partial charge in [-0.2, -0.15) is 0 Å². The van der Waals surface area contributed by atoms with Gasteiger partial charge in [0.25, 0.3) is 0 Å². The lowest BCUT2D eigenvalue weighted by atomic mass is 9.96. The van der Waals surface area contributed by atoms with Gasteiger partial charge in [-0.25, -0.2) is 0 Å². The zero-order valence-corrected chi connectivity index (χ0v) is 11.4. The predicted molar refractivity (Wildman–Crippen MR) is 74.3 cm³/mol. The number of benzene rings is 1. The summed E-state index contributed by atoms with van der Waals surface area (Å²) in [6, 6.07) is 2.10. The molecule has 0 aromatic heterocycles. The number of aliphatic imine (C=N–C) groups is 1. The summed E-state index contributed by atoms with van der Waals surface area (Å²) in [4.78, 5) is 4.24. The van der Waals surface area contributed by atoms with Gasteiger partial charge in [-0.15, -0.1) is 0 Å². The van der Waals surface area contributed by atoms with Crippen LogP contribution in [0.5, 0.6) is 5.75 Å². The highest BCUT2D eigenvalue weighted by molar-refractivity contribution is 5.86. The van der Waals surface area contributed by atoms with Crippen molar-refractivity contribution in [3.05, 3.63) is 28.3 Å². The van der Waals surface area contributed by atoms with Crippen LogP contribution in [0, 0.1) is 13.8 Å². The zero-order valence-electron chi connectivity index (χ0n) is 11.4. The standard InChI is InChI=1S/C15H23NO/c1-5-7-8-13-9-11(3)12(4)14(15(13)17)10-16-6-2/h9-10,17H,5-8H2,1-4H3. The first-order chi connectivity index (χ1) is 8.11. The third-order valence-corrected chi connectivity index (χ3v) is 3.15. The molecule has 0 unspecified atom stereocenters. The van der Waals surface area contributed by atoms with Crippen molar-refractivity contribution in [2.75, 3.05) is 6.54 Å². The molecular formula is C15H23NO. The fourth-order valence-corrected chi connectivity index (χ4v) is 1.90. The van der Waals surface area contributed by atoms with E-state index in [0.717, 1.165) is 42.5 Å². The third kappa shape index (κ3) is 3.32. The summed E-state index contributed by atoms with van der Waals surface area (Å²) in [5.41, 5.74) is 4.29. The van der Waals surface area contributed by atoms with Gasteiger partial charge in [-0.1, -0.05) is 19.4 Å². The predicted octanol–water partition coefficient (Wildman–Crippen LogP) is 3.79. The summed E-state index contributed by atoms with van der Waals surface area (Å²) in [7, 11) is 0. The molecule has 0 aliphatic heterocycles. The summed E-state index contributed by atoms with van der Waals surface area (Å²) < 4.78 is 0. The molecule has 1 aromatic carbocycles. The van der Waals surface area contributed by atoms with Gasteiger partial charge in [-0.05, 0) is 50.3 Å². The molecule has 0 amide bonds. The van der Waals surface area contributed by atoms with Gasteiger partial charge in [-0.3, -0.25) is 4.99 Å². The van der Waals surface area contributed by atoms with E-state index in [0.29, 0.717) is 5.75 Å². The molecule has 1 rings (SSSR count). The quantitative estimate of drug-likeness (QED) is 0.771. The fourth-order valence-electron chi connectivity index (χ4n) is 1.90. The molecule has 1 aromatic rings. The zero-order chi connectivity index (χ0) is 12.8. The molecule has 0 radical (unpaired) electrons. The van der Waals surface area contributed by atoms with Crippen molar-refractivity contribution >= 4 is 6.21 Å². The number of hydrogen-bond donors (Lipinski definition) is 1. The number of phenolic OH excluding ortho intramolecular Hbond substituents is 1. The smallest absolute Gasteiger partial charge is 0.127 e. The van der Waals surface area contributed by atoms with E-state index < -0.39 is 0 Å². The molecule has 0 spiro atoms. The van der Waals surface area contributed by atoms with Crippen LogP contribution >= 0.6 is 0 Å². The maximum absolute atomic E-state index is 10.3. The van der Waals surface area contributed by atoms with Crippen molar-refractivity contribution in [2.45, 2.75) is 47.0 Å². The molecule has 0 aliphatic carbocycles. The van der Waals surface area contributed by atoms with E-state index in [2.05, 4.69) is 24.9 Å². The molecule has 0 heterocycles. The number of phenols is 1. The summed E-state index contributed by atoms with van der Waals surface area (Å²) in [6.07, 6.45) is 4.99. The second kappa shape index (κ2) is 6.43. The van der Waals surface area contributed by atoms with Crippen LogP contribution in [-0.4, -0.2) is 17.9 Å². The van der Waals surface area contributed by atoms with Gasteiger partial charge in [0.2, 0.25) is 0 Å². The molecule has 1 N–H and O–H groups in total. The van der Waals surface area contributed by atoms with Crippen LogP contribution in [0.15, 0.2) is 11.1 Å². The summed E-state index contributed by atoms with van der Waals surface area (Å²) >= 11 is 0. The van der Waals surface area contributed by atoms with Crippen molar-refractivity contribution in [1.82, 2.24) is 0 Å². The van der Waals surface area contributed by atoms with E-state index in [4.69, 9.17) is 0 Å². The first-order valence-electron chi connectivity index (χ1n) is 6.43. The van der Waals surface area contributed by atoms with Crippen LogP contribution in [0.25, 0.3) is 0 Å². The topological polar surface area (TPSA) is 32.6 Å². The molecule has 0 fully saturated rings. The highest BCUT2D eigenvalue weighted by Gasteiger charge is 2.11. The van der Waals surface area contributed by atoms with Gasteiger partial charge in [0, 0.05) is 18.3 Å². The minimum absolute atomic E-state index is 0.416. The Morgan fingerprint density at radius 3 is 2.59 bits per heavy atom.